The minimum Gasteiger partial charge on any atom is -0.396 e. The molecule has 4 aromatic rings. The van der Waals surface area contributed by atoms with E-state index in [0.29, 0.717) is 48.2 Å². The average molecular weight is 629 g/mol. The number of carbonyl (C=O) groups excluding carboxylic acids is 1. The Hall–Kier alpha value is -4.27. The van der Waals surface area contributed by atoms with Crippen LogP contribution in [0, 0.1) is 5.82 Å². The van der Waals surface area contributed by atoms with E-state index in [0.717, 1.165) is 32.0 Å². The number of alkyl halides is 3. The number of carbonyl (C=O) groups is 1. The smallest absolute Gasteiger partial charge is 0.396 e. The summed E-state index contributed by atoms with van der Waals surface area (Å²) in [6.45, 7) is 3.75. The van der Waals surface area contributed by atoms with Crippen LogP contribution in [-0.2, 0) is 19.3 Å². The first kappa shape index (κ1) is 32.1. The molecule has 1 aliphatic rings. The van der Waals surface area contributed by atoms with Crippen molar-refractivity contribution in [1.29, 1.82) is 0 Å². The molecule has 0 aliphatic carbocycles. The molecule has 1 saturated heterocycles. The molecule has 2 aromatic heterocycles. The summed E-state index contributed by atoms with van der Waals surface area (Å²) in [6, 6.07) is 6.99. The highest BCUT2D eigenvalue weighted by Gasteiger charge is 2.34. The monoisotopic (exact) mass is 628 g/mol. The summed E-state index contributed by atoms with van der Waals surface area (Å²) in [5.74, 6) is -0.515. The molecule has 0 spiro atoms. The van der Waals surface area contributed by atoms with Crippen molar-refractivity contribution in [2.45, 2.75) is 38.5 Å². The van der Waals surface area contributed by atoms with Gasteiger partial charge < -0.3 is 30.9 Å². The van der Waals surface area contributed by atoms with Crippen molar-refractivity contribution in [3.8, 4) is 11.1 Å². The molecule has 240 valence electrons. The number of likely N-dealkylation sites (N-methyl/N-ethyl adjacent to an activating group) is 1. The average Bonchev–Trinajstić information content (AvgIpc) is 3.37. The first-order valence-corrected chi connectivity index (χ1v) is 14.7. The molecule has 2 aromatic carbocycles. The number of rotatable bonds is 10. The number of nitrogens with zero attached hydrogens (tertiary/aromatic N) is 5. The fraction of sp³-hybridized carbons (Fsp3) is 0.387. The number of unbranched alkanes of at least 4 members (excludes halogenated alkanes) is 2. The SMILES string of the molecule is CN1CCN(Cc2ccc(NC(=O)Nc3ccc(-c4cn(CCCCCO)c5ncnc(N)c45)cc3F)cc2C(F)(F)F)CC1. The molecular formula is C31H36F4N8O2. The van der Waals surface area contributed by atoms with Gasteiger partial charge in [0.05, 0.1) is 16.6 Å². The van der Waals surface area contributed by atoms with Crippen LogP contribution in [0.2, 0.25) is 0 Å². The standard InChI is InChI=1S/C31H36F4N8O2/c1-41-10-12-42(13-11-41)17-21-5-7-22(16-24(21)31(33,34)35)39-30(45)40-26-8-6-20(15-25(26)32)23-18-43(9-3-2-4-14-44)29-27(23)28(36)37-19-38-29/h5-8,15-16,18-19,44H,2-4,9-14,17H2,1H3,(H2,36,37,38)(H2,39,40,45). The number of hydrogen-bond donors (Lipinski definition) is 4. The van der Waals surface area contributed by atoms with Gasteiger partial charge in [0.15, 0.2) is 0 Å². The summed E-state index contributed by atoms with van der Waals surface area (Å²) in [5.41, 5.74) is 6.91. The third kappa shape index (κ3) is 7.70. The molecule has 0 saturated carbocycles. The van der Waals surface area contributed by atoms with Gasteiger partial charge in [-0.2, -0.15) is 13.2 Å². The van der Waals surface area contributed by atoms with E-state index < -0.39 is 23.6 Å². The number of anilines is 3. The van der Waals surface area contributed by atoms with Crippen molar-refractivity contribution in [3.05, 3.63) is 65.9 Å². The lowest BCUT2D eigenvalue weighted by molar-refractivity contribution is -0.138. The number of nitrogens with one attached hydrogen (secondary N) is 2. The van der Waals surface area contributed by atoms with Crippen LogP contribution in [-0.4, -0.2) is 75.3 Å². The van der Waals surface area contributed by atoms with Crippen LogP contribution >= 0.6 is 0 Å². The maximum atomic E-state index is 15.3. The Bertz CT molecular complexity index is 1650. The number of piperazine rings is 1. The number of aryl methyl sites for hydroxylation is 1. The Morgan fingerprint density at radius 1 is 1.02 bits per heavy atom. The number of hydrogen-bond acceptors (Lipinski definition) is 7. The second-order valence-corrected chi connectivity index (χ2v) is 11.2. The van der Waals surface area contributed by atoms with Crippen molar-refractivity contribution in [2.24, 2.45) is 0 Å². The Labute approximate surface area is 257 Å². The van der Waals surface area contributed by atoms with E-state index in [1.165, 1.54) is 30.6 Å². The molecule has 0 radical (unpaired) electrons. The second kappa shape index (κ2) is 13.8. The van der Waals surface area contributed by atoms with E-state index in [2.05, 4.69) is 25.5 Å². The predicted molar refractivity (Wildman–Crippen MR) is 165 cm³/mol. The molecular weight excluding hydrogens is 592 g/mol. The molecule has 1 aliphatic heterocycles. The van der Waals surface area contributed by atoms with Gasteiger partial charge in [-0.15, -0.1) is 0 Å². The lowest BCUT2D eigenvalue weighted by Crippen LogP contribution is -2.44. The molecule has 14 heteroatoms. The summed E-state index contributed by atoms with van der Waals surface area (Å²) < 4.78 is 59.0. The van der Waals surface area contributed by atoms with Crippen LogP contribution in [0.25, 0.3) is 22.2 Å². The molecule has 10 nitrogen and oxygen atoms in total. The lowest BCUT2D eigenvalue weighted by atomic mass is 10.0. The van der Waals surface area contributed by atoms with Gasteiger partial charge in [0.25, 0.3) is 0 Å². The van der Waals surface area contributed by atoms with Gasteiger partial charge in [-0.1, -0.05) is 12.1 Å². The fourth-order valence-corrected chi connectivity index (χ4v) is 5.48. The van der Waals surface area contributed by atoms with Crippen LogP contribution in [0.3, 0.4) is 0 Å². The van der Waals surface area contributed by atoms with Crippen molar-refractivity contribution in [2.75, 3.05) is 56.2 Å². The highest BCUT2D eigenvalue weighted by atomic mass is 19.4. The number of benzene rings is 2. The number of halogens is 4. The summed E-state index contributed by atoms with van der Waals surface area (Å²) >= 11 is 0. The normalized spacial score (nSPS) is 14.6. The molecule has 1 fully saturated rings. The van der Waals surface area contributed by atoms with Gasteiger partial charge in [0.2, 0.25) is 0 Å². The van der Waals surface area contributed by atoms with Gasteiger partial charge in [0.1, 0.15) is 23.6 Å². The molecule has 5 rings (SSSR count). The Balaban J connectivity index is 1.30. The largest absolute Gasteiger partial charge is 0.416 e. The number of aromatic nitrogens is 3. The minimum absolute atomic E-state index is 0.0683. The van der Waals surface area contributed by atoms with Gasteiger partial charge in [-0.25, -0.2) is 19.2 Å². The van der Waals surface area contributed by atoms with Crippen LogP contribution in [0.1, 0.15) is 30.4 Å². The van der Waals surface area contributed by atoms with Crippen molar-refractivity contribution < 1.29 is 27.5 Å². The van der Waals surface area contributed by atoms with Crippen molar-refractivity contribution in [3.63, 3.8) is 0 Å². The topological polar surface area (TPSA) is 125 Å². The molecule has 0 unspecified atom stereocenters. The van der Waals surface area contributed by atoms with Crippen molar-refractivity contribution >= 4 is 34.3 Å². The number of fused-ring (bicyclic) bond motifs is 1. The summed E-state index contributed by atoms with van der Waals surface area (Å²) in [4.78, 5) is 25.2. The van der Waals surface area contributed by atoms with E-state index in [4.69, 9.17) is 10.8 Å². The first-order chi connectivity index (χ1) is 21.5. The minimum atomic E-state index is -4.62. The van der Waals surface area contributed by atoms with Crippen molar-refractivity contribution in [1.82, 2.24) is 24.3 Å². The highest BCUT2D eigenvalue weighted by molar-refractivity contribution is 6.02. The van der Waals surface area contributed by atoms with Gasteiger partial charge >= 0.3 is 12.2 Å². The van der Waals surface area contributed by atoms with E-state index in [9.17, 15) is 18.0 Å². The van der Waals surface area contributed by atoms with Crippen LogP contribution < -0.4 is 16.4 Å². The van der Waals surface area contributed by atoms with E-state index >= 15 is 4.39 Å². The molecule has 0 atom stereocenters. The molecule has 5 N–H and O–H groups in total. The fourth-order valence-electron chi connectivity index (χ4n) is 5.48. The molecule has 45 heavy (non-hydrogen) atoms. The van der Waals surface area contributed by atoms with Gasteiger partial charge in [0, 0.05) is 63.3 Å². The van der Waals surface area contributed by atoms with E-state index in [1.54, 1.807) is 6.07 Å². The number of nitrogen functional groups attached to an aromatic ring is 1. The zero-order chi connectivity index (χ0) is 32.1. The first-order valence-electron chi connectivity index (χ1n) is 14.7. The molecule has 2 amide bonds. The number of aliphatic hydroxyl groups excluding tert-OH is 1. The summed E-state index contributed by atoms with van der Waals surface area (Å²) in [6.07, 6.45) is 0.855. The number of nitrogens with two attached hydrogens (primary N) is 1. The second-order valence-electron chi connectivity index (χ2n) is 11.2. The van der Waals surface area contributed by atoms with E-state index in [-0.39, 0.29) is 35.9 Å². The zero-order valence-electron chi connectivity index (χ0n) is 24.9. The van der Waals surface area contributed by atoms with Crippen LogP contribution in [0.4, 0.5) is 39.5 Å². The maximum absolute atomic E-state index is 15.3. The lowest BCUT2D eigenvalue weighted by Gasteiger charge is -2.33. The highest BCUT2D eigenvalue weighted by Crippen LogP contribution is 2.36. The van der Waals surface area contributed by atoms with Gasteiger partial charge in [-0.05, 0) is 61.7 Å². The van der Waals surface area contributed by atoms with Crippen LogP contribution in [0.15, 0.2) is 48.9 Å². The van der Waals surface area contributed by atoms with Gasteiger partial charge in [-0.3, -0.25) is 4.90 Å². The quantitative estimate of drug-likeness (QED) is 0.137. The zero-order valence-corrected chi connectivity index (χ0v) is 24.9. The summed E-state index contributed by atoms with van der Waals surface area (Å²) in [5, 5.41) is 14.4. The Morgan fingerprint density at radius 2 is 1.80 bits per heavy atom. The third-order valence-corrected chi connectivity index (χ3v) is 7.93. The Morgan fingerprint density at radius 3 is 2.51 bits per heavy atom. The maximum Gasteiger partial charge on any atom is 0.416 e. The number of aliphatic hydroxyl groups is 1. The predicted octanol–water partition coefficient (Wildman–Crippen LogP) is 5.39. The summed E-state index contributed by atoms with van der Waals surface area (Å²) in [7, 11) is 1.97. The number of urea groups is 1. The molecule has 0 bridgehead atoms. The Kier molecular flexibility index (Phi) is 9.85. The molecule has 3 heterocycles. The van der Waals surface area contributed by atoms with Crippen LogP contribution in [0.5, 0.6) is 0 Å². The third-order valence-electron chi connectivity index (χ3n) is 7.93. The number of amides is 2. The van der Waals surface area contributed by atoms with E-state index in [1.807, 2.05) is 22.7 Å².